The Morgan fingerprint density at radius 3 is 2.06 bits per heavy atom. The smallest absolute Gasteiger partial charge is 0.330 e. The van der Waals surface area contributed by atoms with E-state index >= 15 is 14.4 Å². The Hall–Kier alpha value is -8.94. The SMILES string of the molecule is CN[C@H](CC(C)C)C(=O)N[C@H]1C(=O)N[C@@H](CC(N)=O)C(=O)N[C@H]2C(=O)N[C@H]3C(=O)N[C@H](C(=O)N[C@H](C(=O)O)c4cc(O)cc(O)c4-c4cc3ccc4O)[C@H](O)c3ccc(c(Cl)c3)OC3CC2=CC(=C3O[C@@H]2O[C@H](CO)[C@@H](O)[C@H](O)[C@H]2O[C@H]2C[C@](C)(N)[C@H](O)[C@H](C)O2)Oc2ccc(cc2Cl)[C@H]1O. The predicted octanol–water partition coefficient (Wildman–Crippen LogP) is -1.14. The highest BCUT2D eigenvalue weighted by molar-refractivity contribution is 6.32. The third kappa shape index (κ3) is 15.9. The van der Waals surface area contributed by atoms with E-state index in [1.807, 2.05) is 13.8 Å². The molecule has 12 rings (SSSR count). The van der Waals surface area contributed by atoms with Crippen LogP contribution in [0.3, 0.4) is 0 Å². The molecule has 33 nitrogen and oxygen atoms in total. The maximum Gasteiger partial charge on any atom is 0.330 e. The van der Waals surface area contributed by atoms with Crippen molar-refractivity contribution in [3.8, 4) is 39.9 Å². The second kappa shape index (κ2) is 30.3. The van der Waals surface area contributed by atoms with Crippen molar-refractivity contribution in [2.45, 2.75) is 169 Å². The number of ether oxygens (including phenoxy) is 6. The summed E-state index contributed by atoms with van der Waals surface area (Å²) in [5.41, 5.74) is 8.26. The number of aromatic hydroxyl groups is 3. The van der Waals surface area contributed by atoms with Crippen LogP contribution in [-0.4, -0.2) is 203 Å². The summed E-state index contributed by atoms with van der Waals surface area (Å²) in [7, 11) is 1.48. The number of aliphatic hydroxyl groups is 6. The van der Waals surface area contributed by atoms with Gasteiger partial charge in [0.25, 0.3) is 0 Å². The second-order valence-electron chi connectivity index (χ2n) is 26.0. The van der Waals surface area contributed by atoms with Gasteiger partial charge in [0.15, 0.2) is 36.1 Å². The molecule has 21 N–H and O–H groups in total. The summed E-state index contributed by atoms with van der Waals surface area (Å²) >= 11 is 14.1. The Bertz CT molecular complexity index is 3990. The van der Waals surface area contributed by atoms with Crippen LogP contribution in [0.5, 0.6) is 28.7 Å². The van der Waals surface area contributed by atoms with Gasteiger partial charge in [0.2, 0.25) is 47.6 Å². The van der Waals surface area contributed by atoms with Crippen LogP contribution in [0.15, 0.2) is 89.9 Å². The van der Waals surface area contributed by atoms with Gasteiger partial charge in [-0.1, -0.05) is 55.2 Å². The van der Waals surface area contributed by atoms with Crippen molar-refractivity contribution in [3.63, 3.8) is 0 Å². The molecule has 1 aliphatic carbocycles. The van der Waals surface area contributed by atoms with Gasteiger partial charge in [0.05, 0.1) is 41.3 Å². The molecule has 7 aliphatic heterocycles. The lowest BCUT2D eigenvalue weighted by atomic mass is 9.86. The van der Waals surface area contributed by atoms with Crippen molar-refractivity contribution in [1.82, 2.24) is 37.2 Å². The number of benzene rings is 4. The summed E-state index contributed by atoms with van der Waals surface area (Å²) < 4.78 is 38.6. The first-order valence-electron chi connectivity index (χ1n) is 31.9. The molecule has 0 saturated carbocycles. The molecule has 7 amide bonds. The van der Waals surface area contributed by atoms with E-state index in [0.29, 0.717) is 0 Å². The molecular weight excluding hydrogens is 1370 g/mol. The molecule has 4 aromatic rings. The first-order chi connectivity index (χ1) is 47.7. The summed E-state index contributed by atoms with van der Waals surface area (Å²) in [5.74, 6) is -14.9. The number of likely N-dealkylation sites (N-methyl/N-ethyl adjacent to an activating group) is 1. The van der Waals surface area contributed by atoms with Gasteiger partial charge >= 0.3 is 5.97 Å². The lowest BCUT2D eigenvalue weighted by Gasteiger charge is -2.47. The van der Waals surface area contributed by atoms with Gasteiger partial charge in [-0.2, -0.15) is 0 Å². The summed E-state index contributed by atoms with van der Waals surface area (Å²) in [6.45, 7) is 5.70. The maximum absolute atomic E-state index is 16.0. The zero-order valence-electron chi connectivity index (χ0n) is 54.5. The van der Waals surface area contributed by atoms with Crippen molar-refractivity contribution >= 4 is 70.5 Å². The molecule has 101 heavy (non-hydrogen) atoms. The number of hydrogen-bond donors (Lipinski definition) is 19. The maximum atomic E-state index is 16.0. The minimum Gasteiger partial charge on any atom is -0.508 e. The monoisotopic (exact) mass is 1450 g/mol. The molecule has 0 radical (unpaired) electrons. The van der Waals surface area contributed by atoms with Crippen molar-refractivity contribution in [3.05, 3.63) is 122 Å². The fourth-order valence-corrected chi connectivity index (χ4v) is 13.3. The van der Waals surface area contributed by atoms with Gasteiger partial charge in [0.1, 0.15) is 89.5 Å². The first-order valence-corrected chi connectivity index (χ1v) is 32.6. The minimum atomic E-state index is -2.28. The molecule has 35 heteroatoms. The Morgan fingerprint density at radius 2 is 1.43 bits per heavy atom. The van der Waals surface area contributed by atoms with E-state index in [1.165, 1.54) is 39.1 Å². The van der Waals surface area contributed by atoms with Crippen molar-refractivity contribution in [1.29, 1.82) is 0 Å². The van der Waals surface area contributed by atoms with E-state index in [9.17, 15) is 75.0 Å². The molecule has 2 fully saturated rings. The van der Waals surface area contributed by atoms with Crippen LogP contribution in [0.25, 0.3) is 11.1 Å². The number of aliphatic carboxylic acids is 1. The van der Waals surface area contributed by atoms with Crippen LogP contribution >= 0.6 is 23.2 Å². The van der Waals surface area contributed by atoms with Crippen molar-refractivity contribution < 1.29 is 118 Å². The number of halogens is 2. The molecular formula is C66H77Cl2N9O24. The lowest BCUT2D eigenvalue weighted by molar-refractivity contribution is -0.343. The van der Waals surface area contributed by atoms with E-state index in [2.05, 4.69) is 37.2 Å². The second-order valence-corrected chi connectivity index (χ2v) is 26.8. The average molecular weight is 1450 g/mol. The van der Waals surface area contributed by atoms with E-state index in [1.54, 1.807) is 0 Å². The number of nitrogens with two attached hydrogens (primary N) is 2. The van der Waals surface area contributed by atoms with Crippen LogP contribution in [0, 0.1) is 5.92 Å². The molecule has 19 atom stereocenters. The number of primary amides is 1. The van der Waals surface area contributed by atoms with E-state index in [0.717, 1.165) is 54.6 Å². The van der Waals surface area contributed by atoms with Crippen LogP contribution in [-0.2, 0) is 57.3 Å². The molecule has 0 aromatic heterocycles. The Kier molecular flexibility index (Phi) is 22.4. The summed E-state index contributed by atoms with van der Waals surface area (Å²) in [6.07, 6.45) is -19.8. The number of carboxylic acids is 1. The van der Waals surface area contributed by atoms with Gasteiger partial charge in [-0.25, -0.2) is 4.79 Å². The number of phenols is 3. The highest BCUT2D eigenvalue weighted by Crippen LogP contribution is 2.46. The standard InChI is InChI=1S/C66H77Cl2N9O24/c1-23(2)12-34(71-5)58(88)76-49-51(83)26-7-10-38(32(67)14-26)97-40-16-28-17-41(55(40)101-65-56(54(86)53(85)42(22-78)99-65)100-44-21-66(4,70)57(87)24(3)96-44)98-39-11-8-27(15-33(39)68)52(84)50-63(93)75-48(64(94)95)31-18-29(79)19-37(81)45(31)30-13-25(6-9-36(30)80)46(60(90)77-50)74-61(91)47(28)73-59(89)35(20-43(69)82)72-62(49)92/h6-11,13-16,18-19,23-24,34-35,41-42,44,46-54,56-57,65,71,78-81,83-87H,12,17,20-22,70H2,1-5H3,(H2,69,82)(H,72,92)(H,73,89)(H,74,91)(H,75,93)(H,76,88)(H,77,90)(H,94,95)/t24-,34+,35-,41?,42+,44-,46+,47+,48-,49+,50-,51+,52+,53+,54-,56+,57+,65-,66-/m0/s1. The number of hydrogen-bond acceptors (Lipinski definition) is 25. The van der Waals surface area contributed by atoms with E-state index in [4.69, 9.17) is 63.1 Å². The fourth-order valence-electron chi connectivity index (χ4n) is 12.8. The van der Waals surface area contributed by atoms with Crippen LogP contribution in [0.4, 0.5) is 0 Å². The molecule has 7 heterocycles. The van der Waals surface area contributed by atoms with Crippen LogP contribution in [0.2, 0.25) is 10.0 Å². The van der Waals surface area contributed by atoms with Gasteiger partial charge in [0, 0.05) is 41.1 Å². The highest BCUT2D eigenvalue weighted by atomic mass is 35.5. The third-order valence-electron chi connectivity index (χ3n) is 18.1. The number of carbonyl (C=O) groups excluding carboxylic acids is 7. The first kappa shape index (κ1) is 74.7. The van der Waals surface area contributed by atoms with Gasteiger partial charge < -0.3 is 128 Å². The zero-order chi connectivity index (χ0) is 73.5. The number of carboxylic acid groups (broad SMARTS) is 1. The number of rotatable bonds is 13. The lowest BCUT2D eigenvalue weighted by Crippen LogP contribution is -2.64. The molecule has 11 bridgehead atoms. The number of fused-ring (bicyclic) bond motifs is 15. The van der Waals surface area contributed by atoms with Gasteiger partial charge in [-0.3, -0.25) is 33.6 Å². The number of aliphatic hydroxyl groups excluding tert-OH is 6. The number of allylic oxidation sites excluding steroid dienone is 1. The normalized spacial score (nSPS) is 31.1. The highest BCUT2D eigenvalue weighted by Gasteiger charge is 2.52. The minimum absolute atomic E-state index is 0.0935. The molecule has 8 aliphatic rings. The topological polar surface area (TPSA) is 530 Å². The van der Waals surface area contributed by atoms with E-state index in [-0.39, 0.29) is 57.5 Å². The summed E-state index contributed by atoms with van der Waals surface area (Å²) in [6, 6.07) is -2.39. The van der Waals surface area contributed by atoms with Crippen LogP contribution < -0.4 is 58.2 Å². The third-order valence-corrected chi connectivity index (χ3v) is 18.7. The van der Waals surface area contributed by atoms with Gasteiger partial charge in [-0.15, -0.1) is 0 Å². The van der Waals surface area contributed by atoms with Crippen molar-refractivity contribution in [2.24, 2.45) is 17.4 Å². The van der Waals surface area contributed by atoms with Crippen LogP contribution in [0.1, 0.15) is 99.9 Å². The quantitative estimate of drug-likeness (QED) is 0.0752. The molecule has 1 unspecified atom stereocenters. The Labute approximate surface area is 585 Å². The fraction of sp³-hybridized carbons (Fsp3) is 0.455. The molecule has 544 valence electrons. The Balaban J connectivity index is 1.23. The molecule has 0 spiro atoms. The largest absolute Gasteiger partial charge is 0.508 e. The Morgan fingerprint density at radius 1 is 0.772 bits per heavy atom. The number of nitrogens with one attached hydrogen (secondary N) is 7. The summed E-state index contributed by atoms with van der Waals surface area (Å²) in [4.78, 5) is 117. The summed E-state index contributed by atoms with van der Waals surface area (Å²) in [5, 5.41) is 131. The van der Waals surface area contributed by atoms with Crippen molar-refractivity contribution in [2.75, 3.05) is 13.7 Å². The van der Waals surface area contributed by atoms with Gasteiger partial charge in [-0.05, 0) is 104 Å². The number of carbonyl (C=O) groups is 8. The van der Waals surface area contributed by atoms with E-state index < -0.39 is 233 Å². The number of amides is 7. The molecule has 2 saturated heterocycles. The number of phenolic OH excluding ortho intramolecular Hbond substituents is 3. The zero-order valence-corrected chi connectivity index (χ0v) is 56.0. The predicted molar refractivity (Wildman–Crippen MR) is 349 cm³/mol. The molecule has 4 aromatic carbocycles. The average Bonchev–Trinajstić information content (AvgIpc) is 0.775.